The Labute approximate surface area is 118 Å². The highest BCUT2D eigenvalue weighted by molar-refractivity contribution is 5.84. The van der Waals surface area contributed by atoms with Gasteiger partial charge >= 0.3 is 0 Å². The Balaban J connectivity index is 2.22. The number of halogens is 1. The van der Waals surface area contributed by atoms with Crippen LogP contribution in [-0.4, -0.2) is 36.1 Å². The SMILES string of the molecule is CCOC(C)CN1C(=O)C(C)NC1c1ccccc1F. The zero-order valence-electron chi connectivity index (χ0n) is 12.1. The Morgan fingerprint density at radius 2 is 2.15 bits per heavy atom. The highest BCUT2D eigenvalue weighted by Crippen LogP contribution is 2.27. The molecule has 1 aliphatic heterocycles. The van der Waals surface area contributed by atoms with Gasteiger partial charge in [-0.2, -0.15) is 0 Å². The molecule has 110 valence electrons. The summed E-state index contributed by atoms with van der Waals surface area (Å²) in [6.07, 6.45) is -0.507. The molecule has 1 aliphatic rings. The molecule has 5 heteroatoms. The second kappa shape index (κ2) is 6.33. The molecule has 0 radical (unpaired) electrons. The van der Waals surface area contributed by atoms with Crippen LogP contribution >= 0.6 is 0 Å². The van der Waals surface area contributed by atoms with Gasteiger partial charge in [0.2, 0.25) is 5.91 Å². The molecule has 20 heavy (non-hydrogen) atoms. The summed E-state index contributed by atoms with van der Waals surface area (Å²) in [4.78, 5) is 13.9. The summed E-state index contributed by atoms with van der Waals surface area (Å²) in [7, 11) is 0. The standard InChI is InChI=1S/C15H21FN2O2/c1-4-20-10(2)9-18-14(17-11(3)15(18)19)12-7-5-6-8-13(12)16/h5-8,10-11,14,17H,4,9H2,1-3H3. The minimum atomic E-state index is -0.429. The summed E-state index contributed by atoms with van der Waals surface area (Å²) >= 11 is 0. The van der Waals surface area contributed by atoms with Crippen molar-refractivity contribution in [2.75, 3.05) is 13.2 Å². The first-order valence-corrected chi connectivity index (χ1v) is 6.97. The molecule has 1 N–H and O–H groups in total. The van der Waals surface area contributed by atoms with Crippen LogP contribution in [0.5, 0.6) is 0 Å². The lowest BCUT2D eigenvalue weighted by Gasteiger charge is -2.27. The van der Waals surface area contributed by atoms with Crippen LogP contribution in [-0.2, 0) is 9.53 Å². The highest BCUT2D eigenvalue weighted by Gasteiger charge is 2.38. The zero-order chi connectivity index (χ0) is 14.7. The summed E-state index contributed by atoms with van der Waals surface area (Å²) in [5.74, 6) is -0.328. The average Bonchev–Trinajstić information content (AvgIpc) is 2.68. The highest BCUT2D eigenvalue weighted by atomic mass is 19.1. The maximum Gasteiger partial charge on any atom is 0.241 e. The molecule has 0 bridgehead atoms. The van der Waals surface area contributed by atoms with Crippen molar-refractivity contribution >= 4 is 5.91 Å². The van der Waals surface area contributed by atoms with Gasteiger partial charge in [0, 0.05) is 18.7 Å². The summed E-state index contributed by atoms with van der Waals surface area (Å²) in [6.45, 7) is 6.66. The largest absolute Gasteiger partial charge is 0.377 e. The van der Waals surface area contributed by atoms with Crippen LogP contribution in [0.3, 0.4) is 0 Å². The molecule has 2 rings (SSSR count). The minimum absolute atomic E-state index is 0.0233. The normalized spacial score (nSPS) is 24.2. The Bertz CT molecular complexity index is 481. The smallest absolute Gasteiger partial charge is 0.241 e. The first-order valence-electron chi connectivity index (χ1n) is 6.97. The summed E-state index contributed by atoms with van der Waals surface area (Å²) < 4.78 is 19.4. The van der Waals surface area contributed by atoms with Crippen molar-refractivity contribution in [3.8, 4) is 0 Å². The number of nitrogens with one attached hydrogen (secondary N) is 1. The van der Waals surface area contributed by atoms with Crippen molar-refractivity contribution in [1.29, 1.82) is 0 Å². The number of ether oxygens (including phenoxy) is 1. The van der Waals surface area contributed by atoms with E-state index in [4.69, 9.17) is 4.74 Å². The van der Waals surface area contributed by atoms with E-state index in [0.29, 0.717) is 18.7 Å². The molecular formula is C15H21FN2O2. The summed E-state index contributed by atoms with van der Waals surface area (Å²) in [6, 6.07) is 6.23. The third-order valence-corrected chi connectivity index (χ3v) is 3.48. The van der Waals surface area contributed by atoms with Crippen LogP contribution in [0.25, 0.3) is 0 Å². The van der Waals surface area contributed by atoms with Crippen LogP contribution in [0.1, 0.15) is 32.5 Å². The first kappa shape index (κ1) is 14.9. The van der Waals surface area contributed by atoms with Crippen molar-refractivity contribution in [3.63, 3.8) is 0 Å². The molecule has 1 amide bonds. The van der Waals surface area contributed by atoms with Crippen LogP contribution < -0.4 is 5.32 Å². The molecule has 0 aromatic heterocycles. The molecule has 0 saturated carbocycles. The molecule has 0 aliphatic carbocycles. The Morgan fingerprint density at radius 3 is 2.80 bits per heavy atom. The second-order valence-electron chi connectivity index (χ2n) is 5.07. The number of amides is 1. The fourth-order valence-corrected chi connectivity index (χ4v) is 2.54. The summed E-state index contributed by atoms with van der Waals surface area (Å²) in [5, 5.41) is 3.14. The Hall–Kier alpha value is -1.46. The van der Waals surface area contributed by atoms with Crippen LogP contribution in [0, 0.1) is 5.82 Å². The molecule has 1 saturated heterocycles. The second-order valence-corrected chi connectivity index (χ2v) is 5.07. The molecule has 4 nitrogen and oxygen atoms in total. The van der Waals surface area contributed by atoms with E-state index >= 15 is 0 Å². The molecule has 0 spiro atoms. The van der Waals surface area contributed by atoms with Crippen molar-refractivity contribution in [3.05, 3.63) is 35.6 Å². The lowest BCUT2D eigenvalue weighted by molar-refractivity contribution is -0.131. The number of benzene rings is 1. The van der Waals surface area contributed by atoms with Gasteiger partial charge in [0.15, 0.2) is 0 Å². The third-order valence-electron chi connectivity index (χ3n) is 3.48. The fraction of sp³-hybridized carbons (Fsp3) is 0.533. The van der Waals surface area contributed by atoms with Gasteiger partial charge in [-0.05, 0) is 26.8 Å². The topological polar surface area (TPSA) is 41.6 Å². The lowest BCUT2D eigenvalue weighted by Crippen LogP contribution is -2.37. The van der Waals surface area contributed by atoms with Crippen molar-refractivity contribution in [2.24, 2.45) is 0 Å². The Kier molecular flexibility index (Phi) is 4.73. The van der Waals surface area contributed by atoms with Gasteiger partial charge in [0.25, 0.3) is 0 Å². The molecule has 3 atom stereocenters. The molecule has 1 aromatic rings. The van der Waals surface area contributed by atoms with Gasteiger partial charge in [-0.25, -0.2) is 4.39 Å². The molecule has 1 heterocycles. The Morgan fingerprint density at radius 1 is 1.45 bits per heavy atom. The van der Waals surface area contributed by atoms with Crippen LogP contribution in [0.4, 0.5) is 4.39 Å². The van der Waals surface area contributed by atoms with E-state index in [1.165, 1.54) is 6.07 Å². The van der Waals surface area contributed by atoms with Crippen LogP contribution in [0.2, 0.25) is 0 Å². The first-order chi connectivity index (χ1) is 9.54. The molecule has 3 unspecified atom stereocenters. The minimum Gasteiger partial charge on any atom is -0.377 e. The number of carbonyl (C=O) groups excluding carboxylic acids is 1. The van der Waals surface area contributed by atoms with Crippen molar-refractivity contribution in [1.82, 2.24) is 10.2 Å². The maximum atomic E-state index is 13.9. The van der Waals surface area contributed by atoms with E-state index in [-0.39, 0.29) is 23.9 Å². The van der Waals surface area contributed by atoms with E-state index in [2.05, 4.69) is 5.32 Å². The number of hydrogen-bond acceptors (Lipinski definition) is 3. The van der Waals surface area contributed by atoms with Gasteiger partial charge in [0.05, 0.1) is 12.1 Å². The predicted octanol–water partition coefficient (Wildman–Crippen LogP) is 2.07. The quantitative estimate of drug-likeness (QED) is 0.897. The molecular weight excluding hydrogens is 259 g/mol. The van der Waals surface area contributed by atoms with E-state index in [0.717, 1.165) is 0 Å². The number of hydrogen-bond donors (Lipinski definition) is 1. The van der Waals surface area contributed by atoms with E-state index < -0.39 is 6.17 Å². The van der Waals surface area contributed by atoms with E-state index in [9.17, 15) is 9.18 Å². The van der Waals surface area contributed by atoms with E-state index in [1.807, 2.05) is 13.8 Å². The van der Waals surface area contributed by atoms with Gasteiger partial charge in [-0.3, -0.25) is 10.1 Å². The monoisotopic (exact) mass is 280 g/mol. The van der Waals surface area contributed by atoms with Crippen molar-refractivity contribution in [2.45, 2.75) is 39.1 Å². The summed E-state index contributed by atoms with van der Waals surface area (Å²) in [5.41, 5.74) is 0.494. The maximum absolute atomic E-state index is 13.9. The number of carbonyl (C=O) groups is 1. The van der Waals surface area contributed by atoms with Gasteiger partial charge in [0.1, 0.15) is 12.0 Å². The molecule has 1 fully saturated rings. The van der Waals surface area contributed by atoms with Gasteiger partial charge in [-0.1, -0.05) is 18.2 Å². The van der Waals surface area contributed by atoms with Gasteiger partial charge < -0.3 is 9.64 Å². The fourth-order valence-electron chi connectivity index (χ4n) is 2.54. The zero-order valence-corrected chi connectivity index (χ0v) is 12.1. The molecule has 1 aromatic carbocycles. The lowest BCUT2D eigenvalue weighted by atomic mass is 10.1. The predicted molar refractivity (Wildman–Crippen MR) is 74.5 cm³/mol. The third kappa shape index (κ3) is 2.99. The van der Waals surface area contributed by atoms with Crippen LogP contribution in [0.15, 0.2) is 24.3 Å². The number of rotatable bonds is 5. The van der Waals surface area contributed by atoms with Gasteiger partial charge in [-0.15, -0.1) is 0 Å². The van der Waals surface area contributed by atoms with Crippen molar-refractivity contribution < 1.29 is 13.9 Å². The average molecular weight is 280 g/mol. The number of nitrogens with zero attached hydrogens (tertiary/aromatic N) is 1. The van der Waals surface area contributed by atoms with E-state index in [1.54, 1.807) is 30.0 Å².